The van der Waals surface area contributed by atoms with Crippen LogP contribution in [-0.4, -0.2) is 22.9 Å². The molecule has 0 amide bonds. The minimum atomic E-state index is 0.623. The van der Waals surface area contributed by atoms with Crippen LogP contribution in [0.25, 0.3) is 11.3 Å². The molecule has 1 aliphatic rings. The highest BCUT2D eigenvalue weighted by atomic mass is 32.1. The zero-order valence-electron chi connectivity index (χ0n) is 9.56. The number of hydrogen-bond donors (Lipinski definition) is 1. The molecule has 0 aromatic carbocycles. The highest BCUT2D eigenvalue weighted by molar-refractivity contribution is 7.08. The van der Waals surface area contributed by atoms with Crippen LogP contribution in [0.5, 0.6) is 0 Å². The van der Waals surface area contributed by atoms with Crippen molar-refractivity contribution in [2.24, 2.45) is 5.73 Å². The zero-order valence-corrected chi connectivity index (χ0v) is 10.4. The van der Waals surface area contributed by atoms with E-state index >= 15 is 0 Å². The molecule has 0 saturated carbocycles. The maximum Gasteiger partial charge on any atom is 0.0989 e. The van der Waals surface area contributed by atoms with Crippen LogP contribution in [0.3, 0.4) is 0 Å². The number of nitrogens with two attached hydrogens (primary N) is 1. The summed E-state index contributed by atoms with van der Waals surface area (Å²) in [6, 6.07) is 2.11. The first-order valence-corrected chi connectivity index (χ1v) is 6.73. The zero-order chi connectivity index (χ0) is 11.7. The van der Waals surface area contributed by atoms with Crippen LogP contribution in [0.15, 0.2) is 16.8 Å². The highest BCUT2D eigenvalue weighted by Gasteiger charge is 2.21. The Bertz CT molecular complexity index is 504. The molecule has 0 atom stereocenters. The Morgan fingerprint density at radius 1 is 1.53 bits per heavy atom. The van der Waals surface area contributed by atoms with Crippen LogP contribution in [0.4, 0.5) is 0 Å². The molecule has 0 saturated heterocycles. The number of hydrogen-bond acceptors (Lipinski definition) is 4. The first-order valence-electron chi connectivity index (χ1n) is 5.79. The quantitative estimate of drug-likeness (QED) is 0.899. The van der Waals surface area contributed by atoms with Crippen molar-refractivity contribution in [1.82, 2.24) is 9.78 Å². The molecule has 3 heterocycles. The van der Waals surface area contributed by atoms with Gasteiger partial charge in [0.2, 0.25) is 0 Å². The fraction of sp³-hybridized carbons (Fsp3) is 0.417. The average Bonchev–Trinajstić information content (AvgIpc) is 2.97. The number of thiophene rings is 1. The predicted molar refractivity (Wildman–Crippen MR) is 68.0 cm³/mol. The van der Waals surface area contributed by atoms with Crippen molar-refractivity contribution in [3.8, 4) is 11.3 Å². The first-order chi connectivity index (χ1) is 8.40. The van der Waals surface area contributed by atoms with Crippen LogP contribution in [0.2, 0.25) is 0 Å². The van der Waals surface area contributed by atoms with Crippen molar-refractivity contribution in [3.05, 3.63) is 28.1 Å². The molecule has 17 heavy (non-hydrogen) atoms. The summed E-state index contributed by atoms with van der Waals surface area (Å²) in [5, 5.41) is 8.89. The fourth-order valence-corrected chi connectivity index (χ4v) is 2.89. The number of aromatic nitrogens is 2. The Balaban J connectivity index is 2.09. The molecule has 2 aromatic rings. The third-order valence-corrected chi connectivity index (χ3v) is 3.71. The largest absolute Gasteiger partial charge is 0.376 e. The van der Waals surface area contributed by atoms with Crippen LogP contribution >= 0.6 is 11.3 Å². The summed E-state index contributed by atoms with van der Waals surface area (Å²) in [7, 11) is 0. The number of rotatable bonds is 3. The van der Waals surface area contributed by atoms with Gasteiger partial charge in [-0.3, -0.25) is 4.68 Å². The Morgan fingerprint density at radius 2 is 2.47 bits per heavy atom. The van der Waals surface area contributed by atoms with Crippen molar-refractivity contribution < 1.29 is 4.74 Å². The number of fused-ring (bicyclic) bond motifs is 1. The molecule has 0 bridgehead atoms. The molecule has 3 rings (SSSR count). The Labute approximate surface area is 104 Å². The lowest BCUT2D eigenvalue weighted by atomic mass is 10.1. The summed E-state index contributed by atoms with van der Waals surface area (Å²) >= 11 is 1.69. The topological polar surface area (TPSA) is 53.1 Å². The maximum atomic E-state index is 5.63. The van der Waals surface area contributed by atoms with E-state index in [0.717, 1.165) is 25.3 Å². The van der Waals surface area contributed by atoms with Gasteiger partial charge in [0.1, 0.15) is 0 Å². The van der Waals surface area contributed by atoms with E-state index < -0.39 is 0 Å². The molecule has 0 fully saturated rings. The molecule has 0 spiro atoms. The van der Waals surface area contributed by atoms with Crippen LogP contribution in [0, 0.1) is 0 Å². The van der Waals surface area contributed by atoms with Gasteiger partial charge in [-0.1, -0.05) is 0 Å². The van der Waals surface area contributed by atoms with Gasteiger partial charge in [0.25, 0.3) is 0 Å². The van der Waals surface area contributed by atoms with Gasteiger partial charge in [-0.05, 0) is 11.4 Å². The maximum absolute atomic E-state index is 5.63. The van der Waals surface area contributed by atoms with Gasteiger partial charge < -0.3 is 10.5 Å². The molecular formula is C12H15N3OS. The van der Waals surface area contributed by atoms with Gasteiger partial charge in [0.05, 0.1) is 25.5 Å². The lowest BCUT2D eigenvalue weighted by Gasteiger charge is -2.14. The van der Waals surface area contributed by atoms with Gasteiger partial charge in [-0.15, -0.1) is 0 Å². The minimum absolute atomic E-state index is 0.623. The molecule has 2 aromatic heterocycles. The van der Waals surface area contributed by atoms with Gasteiger partial charge >= 0.3 is 0 Å². The van der Waals surface area contributed by atoms with E-state index in [1.807, 2.05) is 4.68 Å². The standard InChI is InChI=1S/C12H15N3OS/c13-3-4-15-11-1-5-16-7-10(11)12(14-15)9-2-6-17-8-9/h2,6,8H,1,3-5,7,13H2. The van der Waals surface area contributed by atoms with Crippen LogP contribution in [0.1, 0.15) is 11.3 Å². The van der Waals surface area contributed by atoms with Gasteiger partial charge in [0, 0.05) is 35.2 Å². The summed E-state index contributed by atoms with van der Waals surface area (Å²) in [5.41, 5.74) is 10.4. The summed E-state index contributed by atoms with van der Waals surface area (Å²) in [6.07, 6.45) is 0.937. The lowest BCUT2D eigenvalue weighted by Crippen LogP contribution is -2.17. The minimum Gasteiger partial charge on any atom is -0.376 e. The SMILES string of the molecule is NCCn1nc(-c2ccsc2)c2c1CCOC2. The summed E-state index contributed by atoms with van der Waals surface area (Å²) in [4.78, 5) is 0. The summed E-state index contributed by atoms with van der Waals surface area (Å²) in [6.45, 7) is 2.86. The van der Waals surface area contributed by atoms with E-state index in [-0.39, 0.29) is 0 Å². The van der Waals surface area contributed by atoms with E-state index in [2.05, 4.69) is 21.9 Å². The molecule has 1 aliphatic heterocycles. The number of ether oxygens (including phenoxy) is 1. The van der Waals surface area contributed by atoms with Crippen molar-refractivity contribution in [2.45, 2.75) is 19.6 Å². The monoisotopic (exact) mass is 249 g/mol. The van der Waals surface area contributed by atoms with Crippen LogP contribution < -0.4 is 5.73 Å². The van der Waals surface area contributed by atoms with Crippen molar-refractivity contribution in [2.75, 3.05) is 13.2 Å². The Hall–Kier alpha value is -1.17. The molecule has 0 radical (unpaired) electrons. The number of nitrogens with zero attached hydrogens (tertiary/aromatic N) is 2. The fourth-order valence-electron chi connectivity index (χ4n) is 2.25. The molecular weight excluding hydrogens is 234 g/mol. The van der Waals surface area contributed by atoms with Gasteiger partial charge in [-0.2, -0.15) is 16.4 Å². The van der Waals surface area contributed by atoms with E-state index in [1.54, 1.807) is 11.3 Å². The van der Waals surface area contributed by atoms with E-state index in [4.69, 9.17) is 10.5 Å². The molecule has 90 valence electrons. The lowest BCUT2D eigenvalue weighted by molar-refractivity contribution is 0.109. The highest BCUT2D eigenvalue weighted by Crippen LogP contribution is 2.30. The normalized spacial score (nSPS) is 14.9. The summed E-state index contributed by atoms with van der Waals surface area (Å²) < 4.78 is 7.59. The molecule has 5 heteroatoms. The third-order valence-electron chi connectivity index (χ3n) is 3.03. The molecule has 0 unspecified atom stereocenters. The van der Waals surface area contributed by atoms with Crippen molar-refractivity contribution >= 4 is 11.3 Å². The summed E-state index contributed by atoms with van der Waals surface area (Å²) in [5.74, 6) is 0. The van der Waals surface area contributed by atoms with E-state index in [0.29, 0.717) is 13.2 Å². The van der Waals surface area contributed by atoms with E-state index in [1.165, 1.54) is 16.8 Å². The predicted octanol–water partition coefficient (Wildman–Crippen LogP) is 1.64. The molecule has 2 N–H and O–H groups in total. The first kappa shape index (κ1) is 11.0. The smallest absolute Gasteiger partial charge is 0.0989 e. The van der Waals surface area contributed by atoms with Gasteiger partial charge in [0.15, 0.2) is 0 Å². The third kappa shape index (κ3) is 1.90. The molecule has 4 nitrogen and oxygen atoms in total. The second kappa shape index (κ2) is 4.60. The van der Waals surface area contributed by atoms with Crippen LogP contribution in [-0.2, 0) is 24.3 Å². The average molecular weight is 249 g/mol. The Morgan fingerprint density at radius 3 is 3.24 bits per heavy atom. The molecule has 0 aliphatic carbocycles. The second-order valence-electron chi connectivity index (χ2n) is 4.10. The van der Waals surface area contributed by atoms with Crippen molar-refractivity contribution in [1.29, 1.82) is 0 Å². The Kier molecular flexibility index (Phi) is 2.96. The van der Waals surface area contributed by atoms with Gasteiger partial charge in [-0.25, -0.2) is 0 Å². The van der Waals surface area contributed by atoms with E-state index in [9.17, 15) is 0 Å². The van der Waals surface area contributed by atoms with Crippen molar-refractivity contribution in [3.63, 3.8) is 0 Å². The second-order valence-corrected chi connectivity index (χ2v) is 4.88.